The molecule has 2 heterocycles. The van der Waals surface area contributed by atoms with Crippen LogP contribution in [-0.4, -0.2) is 69.1 Å². The van der Waals surface area contributed by atoms with E-state index in [1.54, 1.807) is 18.2 Å². The van der Waals surface area contributed by atoms with E-state index in [2.05, 4.69) is 6.58 Å². The first-order valence-electron chi connectivity index (χ1n) is 10.3. The van der Waals surface area contributed by atoms with Crippen LogP contribution in [0.3, 0.4) is 0 Å². The van der Waals surface area contributed by atoms with Gasteiger partial charge in [-0.25, -0.2) is 16.8 Å². The molecule has 0 radical (unpaired) electrons. The number of carbonyl (C=O) groups excluding carboxylic acids is 1. The van der Waals surface area contributed by atoms with Gasteiger partial charge in [0.25, 0.3) is 5.91 Å². The van der Waals surface area contributed by atoms with Crippen molar-refractivity contribution < 1.29 is 21.6 Å². The lowest BCUT2D eigenvalue weighted by Gasteiger charge is -2.34. The largest absolute Gasteiger partial charge is 0.331 e. The summed E-state index contributed by atoms with van der Waals surface area (Å²) in [6.45, 7) is 8.89. The third-order valence-corrected chi connectivity index (χ3v) is 9.37. The quantitative estimate of drug-likeness (QED) is 0.615. The first-order chi connectivity index (χ1) is 14.0. The van der Waals surface area contributed by atoms with Crippen LogP contribution in [0.5, 0.6) is 0 Å². The molecule has 0 bridgehead atoms. The Labute approximate surface area is 179 Å². The van der Waals surface area contributed by atoms with Gasteiger partial charge in [0.1, 0.15) is 0 Å². The van der Waals surface area contributed by atoms with E-state index >= 15 is 0 Å². The highest BCUT2D eigenvalue weighted by Crippen LogP contribution is 2.27. The van der Waals surface area contributed by atoms with E-state index < -0.39 is 25.9 Å². The molecule has 2 fully saturated rings. The molecule has 1 aromatic carbocycles. The van der Waals surface area contributed by atoms with Crippen molar-refractivity contribution in [2.45, 2.75) is 37.6 Å². The maximum absolute atomic E-state index is 13.2. The van der Waals surface area contributed by atoms with Crippen LogP contribution in [0.1, 0.15) is 37.0 Å². The van der Waals surface area contributed by atoms with Gasteiger partial charge in [-0.3, -0.25) is 4.79 Å². The summed E-state index contributed by atoms with van der Waals surface area (Å²) in [5.41, 5.74) is 0.236. The van der Waals surface area contributed by atoms with Gasteiger partial charge < -0.3 is 4.90 Å². The molecule has 3 rings (SSSR count). The molecular formula is C21H30N2O5S2. The van der Waals surface area contributed by atoms with Crippen molar-refractivity contribution in [1.29, 1.82) is 0 Å². The zero-order valence-corrected chi connectivity index (χ0v) is 19.2. The Morgan fingerprint density at radius 2 is 1.93 bits per heavy atom. The number of carbonyl (C=O) groups is 1. The molecule has 2 saturated heterocycles. The summed E-state index contributed by atoms with van der Waals surface area (Å²) in [4.78, 5) is 14.7. The molecule has 0 aliphatic carbocycles. The molecule has 7 nitrogen and oxygen atoms in total. The summed E-state index contributed by atoms with van der Waals surface area (Å²) in [5.74, 6) is 0.155. The average molecular weight is 455 g/mol. The second-order valence-corrected chi connectivity index (χ2v) is 12.8. The van der Waals surface area contributed by atoms with Gasteiger partial charge >= 0.3 is 0 Å². The first-order valence-corrected chi connectivity index (χ1v) is 13.5. The highest BCUT2D eigenvalue weighted by Gasteiger charge is 2.35. The molecule has 0 saturated carbocycles. The van der Waals surface area contributed by atoms with Crippen molar-refractivity contribution in [3.05, 3.63) is 42.5 Å². The number of benzene rings is 1. The number of nitrogens with zero attached hydrogens (tertiary/aromatic N) is 2. The Morgan fingerprint density at radius 1 is 1.27 bits per heavy atom. The van der Waals surface area contributed by atoms with Crippen LogP contribution in [0.25, 0.3) is 0 Å². The van der Waals surface area contributed by atoms with Crippen molar-refractivity contribution in [3.63, 3.8) is 0 Å². The number of amides is 1. The third kappa shape index (κ3) is 4.95. The van der Waals surface area contributed by atoms with Crippen LogP contribution < -0.4 is 0 Å². The van der Waals surface area contributed by atoms with Crippen molar-refractivity contribution in [2.24, 2.45) is 11.8 Å². The minimum Gasteiger partial charge on any atom is -0.331 e. The molecular weight excluding hydrogens is 424 g/mol. The molecule has 30 heavy (non-hydrogen) atoms. The Balaban J connectivity index is 1.88. The van der Waals surface area contributed by atoms with Gasteiger partial charge in [-0.05, 0) is 42.9 Å². The number of rotatable bonds is 6. The van der Waals surface area contributed by atoms with E-state index in [1.807, 2.05) is 13.8 Å². The molecule has 166 valence electrons. The van der Waals surface area contributed by atoms with Crippen molar-refractivity contribution in [2.75, 3.05) is 31.1 Å². The topological polar surface area (TPSA) is 91.8 Å². The zero-order chi connectivity index (χ0) is 22.1. The van der Waals surface area contributed by atoms with Crippen molar-refractivity contribution in [3.8, 4) is 0 Å². The van der Waals surface area contributed by atoms with Crippen molar-refractivity contribution in [1.82, 2.24) is 9.21 Å². The fourth-order valence-corrected chi connectivity index (χ4v) is 7.92. The fourth-order valence-electron chi connectivity index (χ4n) is 4.46. The van der Waals surface area contributed by atoms with Crippen molar-refractivity contribution >= 4 is 25.8 Å². The summed E-state index contributed by atoms with van der Waals surface area (Å²) >= 11 is 0. The Morgan fingerprint density at radius 3 is 2.50 bits per heavy atom. The molecule has 2 aliphatic heterocycles. The third-order valence-electron chi connectivity index (χ3n) is 5.79. The monoisotopic (exact) mass is 454 g/mol. The summed E-state index contributed by atoms with van der Waals surface area (Å²) < 4.78 is 51.6. The van der Waals surface area contributed by atoms with Gasteiger partial charge in [0.05, 0.1) is 16.4 Å². The number of hydrogen-bond acceptors (Lipinski definition) is 5. The van der Waals surface area contributed by atoms with Crippen LogP contribution in [-0.2, 0) is 19.9 Å². The predicted molar refractivity (Wildman–Crippen MR) is 116 cm³/mol. The highest BCUT2D eigenvalue weighted by atomic mass is 32.2. The molecule has 3 unspecified atom stereocenters. The normalized spacial score (nSPS) is 26.9. The van der Waals surface area contributed by atoms with Crippen LogP contribution in [0.15, 0.2) is 41.8 Å². The molecule has 9 heteroatoms. The Hall–Kier alpha value is -1.71. The molecule has 3 atom stereocenters. The smallest absolute Gasteiger partial charge is 0.254 e. The van der Waals surface area contributed by atoms with Crippen LogP contribution in [0, 0.1) is 11.8 Å². The standard InChI is InChI=1S/C21H30N2O5S2/c1-4-9-23(19-8-10-29(25,26)15-19)21(24)18-6-5-7-20(12-18)30(27,28)22-13-16(2)11-17(3)14-22/h4-7,12,16-17,19H,1,8-11,13-15H2,2-3H3. The number of hydrogen-bond donors (Lipinski definition) is 0. The fraction of sp³-hybridized carbons (Fsp3) is 0.571. The minimum absolute atomic E-state index is 0.0539. The van der Waals surface area contributed by atoms with E-state index in [0.717, 1.165) is 6.42 Å². The lowest BCUT2D eigenvalue weighted by atomic mass is 9.94. The number of sulfone groups is 1. The van der Waals surface area contributed by atoms with E-state index in [4.69, 9.17) is 0 Å². The van der Waals surface area contributed by atoms with E-state index in [-0.39, 0.29) is 46.3 Å². The van der Waals surface area contributed by atoms with Gasteiger partial charge in [-0.15, -0.1) is 6.58 Å². The van der Waals surface area contributed by atoms with Crippen LogP contribution in [0.2, 0.25) is 0 Å². The second kappa shape index (κ2) is 8.80. The minimum atomic E-state index is -3.71. The second-order valence-electron chi connectivity index (χ2n) is 8.60. The summed E-state index contributed by atoms with van der Waals surface area (Å²) in [6, 6.07) is 5.62. The van der Waals surface area contributed by atoms with E-state index in [1.165, 1.54) is 21.3 Å². The maximum Gasteiger partial charge on any atom is 0.254 e. The molecule has 2 aliphatic rings. The predicted octanol–water partition coefficient (Wildman–Crippen LogP) is 2.17. The Kier molecular flexibility index (Phi) is 6.74. The van der Waals surface area contributed by atoms with Gasteiger partial charge in [0, 0.05) is 31.2 Å². The lowest BCUT2D eigenvalue weighted by Crippen LogP contribution is -2.43. The Bertz CT molecular complexity index is 1010. The van der Waals surface area contributed by atoms with Gasteiger partial charge in [0.15, 0.2) is 9.84 Å². The van der Waals surface area contributed by atoms with Gasteiger partial charge in [-0.2, -0.15) is 4.31 Å². The number of sulfonamides is 1. The molecule has 0 aromatic heterocycles. The summed E-state index contributed by atoms with van der Waals surface area (Å²) in [6.07, 6.45) is 2.93. The average Bonchev–Trinajstić information content (AvgIpc) is 3.04. The molecule has 1 amide bonds. The summed E-state index contributed by atoms with van der Waals surface area (Å²) in [7, 11) is -6.87. The van der Waals surface area contributed by atoms with Crippen LogP contribution >= 0.6 is 0 Å². The van der Waals surface area contributed by atoms with Gasteiger partial charge in [-0.1, -0.05) is 26.0 Å². The molecule has 0 N–H and O–H groups in total. The summed E-state index contributed by atoms with van der Waals surface area (Å²) in [5, 5.41) is 0. The van der Waals surface area contributed by atoms with E-state index in [9.17, 15) is 21.6 Å². The highest BCUT2D eigenvalue weighted by molar-refractivity contribution is 7.91. The van der Waals surface area contributed by atoms with Crippen LogP contribution in [0.4, 0.5) is 0 Å². The SMILES string of the molecule is C=CCN(C(=O)c1cccc(S(=O)(=O)N2CC(C)CC(C)C2)c1)C1CCS(=O)(=O)C1. The lowest BCUT2D eigenvalue weighted by molar-refractivity contribution is 0.0720. The molecule has 0 spiro atoms. The maximum atomic E-state index is 13.2. The molecule has 1 aromatic rings. The zero-order valence-electron chi connectivity index (χ0n) is 17.5. The first kappa shape index (κ1) is 23.0. The van der Waals surface area contributed by atoms with E-state index in [0.29, 0.717) is 19.5 Å². The van der Waals surface area contributed by atoms with Gasteiger partial charge in [0.2, 0.25) is 10.0 Å². The number of piperidine rings is 1.